The van der Waals surface area contributed by atoms with Gasteiger partial charge < -0.3 is 5.32 Å². The van der Waals surface area contributed by atoms with E-state index >= 15 is 0 Å². The van der Waals surface area contributed by atoms with Crippen LogP contribution in [0.3, 0.4) is 0 Å². The molecule has 1 rings (SSSR count). The Kier molecular flexibility index (Phi) is 6.46. The number of aromatic nitrogens is 1. The standard InChI is InChI=1S/C15H23F3N2/c1-4-8-20-14(6-5-11(2)3)12-10-19-9-7-13(12)15(16,17)18/h7,9-11,14,20H,4-6,8H2,1-3H3. The molecule has 0 aliphatic carbocycles. The van der Waals surface area contributed by atoms with Gasteiger partial charge in [-0.25, -0.2) is 0 Å². The molecule has 1 N–H and O–H groups in total. The Bertz CT molecular complexity index is 402. The van der Waals surface area contributed by atoms with E-state index in [0.29, 0.717) is 18.9 Å². The monoisotopic (exact) mass is 288 g/mol. The molecule has 1 unspecified atom stereocenters. The van der Waals surface area contributed by atoms with Crippen LogP contribution in [0.2, 0.25) is 0 Å². The average molecular weight is 288 g/mol. The molecule has 0 saturated heterocycles. The minimum Gasteiger partial charge on any atom is -0.310 e. The largest absolute Gasteiger partial charge is 0.416 e. The number of halogens is 3. The summed E-state index contributed by atoms with van der Waals surface area (Å²) in [6.45, 7) is 6.85. The normalized spacial score (nSPS) is 13.8. The molecule has 0 aliphatic rings. The Morgan fingerprint density at radius 1 is 1.25 bits per heavy atom. The molecule has 1 atom stereocenters. The Morgan fingerprint density at radius 2 is 1.95 bits per heavy atom. The summed E-state index contributed by atoms with van der Waals surface area (Å²) in [6.07, 6.45) is 0.671. The molecule has 114 valence electrons. The molecule has 1 heterocycles. The second kappa shape index (κ2) is 7.62. The molecule has 0 amide bonds. The molecule has 5 heteroatoms. The zero-order valence-electron chi connectivity index (χ0n) is 12.3. The highest BCUT2D eigenvalue weighted by Crippen LogP contribution is 2.35. The fourth-order valence-corrected chi connectivity index (χ4v) is 2.13. The highest BCUT2D eigenvalue weighted by atomic mass is 19.4. The van der Waals surface area contributed by atoms with Gasteiger partial charge in [0.1, 0.15) is 0 Å². The summed E-state index contributed by atoms with van der Waals surface area (Å²) in [5.74, 6) is 0.465. The van der Waals surface area contributed by atoms with Crippen LogP contribution in [0.15, 0.2) is 18.5 Å². The molecule has 20 heavy (non-hydrogen) atoms. The maximum atomic E-state index is 13.1. The molecular weight excluding hydrogens is 265 g/mol. The minimum absolute atomic E-state index is 0.258. The van der Waals surface area contributed by atoms with E-state index in [9.17, 15) is 13.2 Å². The lowest BCUT2D eigenvalue weighted by Crippen LogP contribution is -2.25. The first-order valence-electron chi connectivity index (χ1n) is 7.10. The maximum Gasteiger partial charge on any atom is 0.416 e. The molecule has 0 spiro atoms. The summed E-state index contributed by atoms with van der Waals surface area (Å²) in [7, 11) is 0. The van der Waals surface area contributed by atoms with Crippen LogP contribution in [0.4, 0.5) is 13.2 Å². The van der Waals surface area contributed by atoms with E-state index in [0.717, 1.165) is 18.9 Å². The second-order valence-corrected chi connectivity index (χ2v) is 5.44. The van der Waals surface area contributed by atoms with Crippen molar-refractivity contribution in [1.29, 1.82) is 0 Å². The highest BCUT2D eigenvalue weighted by molar-refractivity contribution is 5.29. The van der Waals surface area contributed by atoms with Crippen LogP contribution in [0.25, 0.3) is 0 Å². The molecular formula is C15H23F3N2. The fraction of sp³-hybridized carbons (Fsp3) is 0.667. The van der Waals surface area contributed by atoms with Crippen molar-refractivity contribution in [2.75, 3.05) is 6.54 Å². The van der Waals surface area contributed by atoms with Crippen molar-refractivity contribution in [2.45, 2.75) is 52.3 Å². The quantitative estimate of drug-likeness (QED) is 0.794. The molecule has 0 bridgehead atoms. The summed E-state index contributed by atoms with van der Waals surface area (Å²) in [6, 6.07) is 0.772. The molecule has 2 nitrogen and oxygen atoms in total. The summed E-state index contributed by atoms with van der Waals surface area (Å²) >= 11 is 0. The van der Waals surface area contributed by atoms with Crippen LogP contribution < -0.4 is 5.32 Å². The summed E-state index contributed by atoms with van der Waals surface area (Å²) < 4.78 is 39.2. The van der Waals surface area contributed by atoms with Gasteiger partial charge in [-0.3, -0.25) is 4.98 Å². The number of pyridine rings is 1. The smallest absolute Gasteiger partial charge is 0.310 e. The van der Waals surface area contributed by atoms with E-state index in [1.54, 1.807) is 0 Å². The van der Waals surface area contributed by atoms with Crippen molar-refractivity contribution < 1.29 is 13.2 Å². The van der Waals surface area contributed by atoms with Gasteiger partial charge in [0.05, 0.1) is 5.56 Å². The Morgan fingerprint density at radius 3 is 2.50 bits per heavy atom. The van der Waals surface area contributed by atoms with E-state index in [-0.39, 0.29) is 11.6 Å². The van der Waals surface area contributed by atoms with E-state index in [2.05, 4.69) is 24.1 Å². The number of nitrogens with one attached hydrogen (secondary N) is 1. The molecule has 0 radical (unpaired) electrons. The van der Waals surface area contributed by atoms with Crippen molar-refractivity contribution >= 4 is 0 Å². The first-order valence-corrected chi connectivity index (χ1v) is 7.10. The molecule has 0 aliphatic heterocycles. The van der Waals surface area contributed by atoms with Gasteiger partial charge >= 0.3 is 6.18 Å². The summed E-state index contributed by atoms with van der Waals surface area (Å²) in [4.78, 5) is 3.87. The first-order chi connectivity index (χ1) is 9.36. The fourth-order valence-electron chi connectivity index (χ4n) is 2.13. The number of alkyl halides is 3. The van der Waals surface area contributed by atoms with E-state index in [1.165, 1.54) is 12.4 Å². The zero-order valence-corrected chi connectivity index (χ0v) is 12.3. The molecule has 1 aromatic heterocycles. The van der Waals surface area contributed by atoms with Gasteiger partial charge in [0.25, 0.3) is 0 Å². The number of rotatable bonds is 7. The van der Waals surface area contributed by atoms with Crippen molar-refractivity contribution in [1.82, 2.24) is 10.3 Å². The van der Waals surface area contributed by atoms with Gasteiger partial charge in [0.2, 0.25) is 0 Å². The molecule has 0 saturated carbocycles. The second-order valence-electron chi connectivity index (χ2n) is 5.44. The number of hydrogen-bond donors (Lipinski definition) is 1. The van der Waals surface area contributed by atoms with Crippen LogP contribution in [-0.2, 0) is 6.18 Å². The van der Waals surface area contributed by atoms with Crippen molar-refractivity contribution in [2.24, 2.45) is 5.92 Å². The van der Waals surface area contributed by atoms with E-state index in [4.69, 9.17) is 0 Å². The zero-order chi connectivity index (χ0) is 15.2. The van der Waals surface area contributed by atoms with Gasteiger partial charge in [0, 0.05) is 18.4 Å². The molecule has 0 fully saturated rings. The Labute approximate surface area is 118 Å². The van der Waals surface area contributed by atoms with Gasteiger partial charge in [-0.2, -0.15) is 13.2 Å². The predicted molar refractivity (Wildman–Crippen MR) is 74.3 cm³/mol. The first kappa shape index (κ1) is 17.0. The van der Waals surface area contributed by atoms with Crippen LogP contribution in [0, 0.1) is 5.92 Å². The summed E-state index contributed by atoms with van der Waals surface area (Å²) in [5.41, 5.74) is -0.320. The summed E-state index contributed by atoms with van der Waals surface area (Å²) in [5, 5.41) is 3.21. The topological polar surface area (TPSA) is 24.9 Å². The van der Waals surface area contributed by atoms with Crippen molar-refractivity contribution in [3.8, 4) is 0 Å². The average Bonchev–Trinajstić information content (AvgIpc) is 2.37. The van der Waals surface area contributed by atoms with Gasteiger partial charge in [0.15, 0.2) is 0 Å². The minimum atomic E-state index is -4.33. The predicted octanol–water partition coefficient (Wildman–Crippen LogP) is 4.58. The van der Waals surface area contributed by atoms with Crippen molar-refractivity contribution in [3.63, 3.8) is 0 Å². The van der Waals surface area contributed by atoms with Crippen molar-refractivity contribution in [3.05, 3.63) is 29.6 Å². The third kappa shape index (κ3) is 5.12. The van der Waals surface area contributed by atoms with Gasteiger partial charge in [-0.05, 0) is 43.4 Å². The lowest BCUT2D eigenvalue weighted by molar-refractivity contribution is -0.138. The van der Waals surface area contributed by atoms with Gasteiger partial charge in [-0.1, -0.05) is 20.8 Å². The Balaban J connectivity index is 3.00. The van der Waals surface area contributed by atoms with E-state index < -0.39 is 11.7 Å². The van der Waals surface area contributed by atoms with Crippen LogP contribution in [0.1, 0.15) is 57.2 Å². The molecule has 0 aromatic carbocycles. The SMILES string of the molecule is CCCNC(CCC(C)C)c1cnccc1C(F)(F)F. The maximum absolute atomic E-state index is 13.1. The molecule has 1 aromatic rings. The lowest BCUT2D eigenvalue weighted by Gasteiger charge is -2.23. The number of hydrogen-bond acceptors (Lipinski definition) is 2. The third-order valence-electron chi connectivity index (χ3n) is 3.21. The van der Waals surface area contributed by atoms with E-state index in [1.807, 2.05) is 6.92 Å². The van der Waals surface area contributed by atoms with Crippen LogP contribution in [0.5, 0.6) is 0 Å². The number of nitrogens with zero attached hydrogens (tertiary/aromatic N) is 1. The highest BCUT2D eigenvalue weighted by Gasteiger charge is 2.35. The van der Waals surface area contributed by atoms with Gasteiger partial charge in [-0.15, -0.1) is 0 Å². The van der Waals surface area contributed by atoms with Crippen LogP contribution >= 0.6 is 0 Å². The lowest BCUT2D eigenvalue weighted by atomic mass is 9.95. The Hall–Kier alpha value is -1.10. The van der Waals surface area contributed by atoms with Crippen LogP contribution in [-0.4, -0.2) is 11.5 Å². The third-order valence-corrected chi connectivity index (χ3v) is 3.21.